The first-order valence-corrected chi connectivity index (χ1v) is 7.70. The predicted molar refractivity (Wildman–Crippen MR) is 82.0 cm³/mol. The Morgan fingerprint density at radius 1 is 1.48 bits per heavy atom. The van der Waals surface area contributed by atoms with Crippen molar-refractivity contribution in [3.63, 3.8) is 0 Å². The molecule has 2 heterocycles. The second kappa shape index (κ2) is 7.51. The predicted octanol–water partition coefficient (Wildman–Crippen LogP) is 1.97. The molecule has 1 aliphatic rings. The zero-order valence-electron chi connectivity index (χ0n) is 11.6. The molecule has 6 nitrogen and oxygen atoms in total. The molecule has 0 aliphatic carbocycles. The van der Waals surface area contributed by atoms with Crippen molar-refractivity contribution in [3.8, 4) is 0 Å². The van der Waals surface area contributed by atoms with Gasteiger partial charge in [0.2, 0.25) is 5.91 Å². The van der Waals surface area contributed by atoms with Gasteiger partial charge in [-0.3, -0.25) is 9.59 Å². The standard InChI is InChI=1S/C14H18BrN3O3/c15-11-3-4-12(16-8-11)17-14(21)10-2-1-6-18(9-10)7-5-13(19)20/h3-4,8,10H,1-2,5-7,9H2,(H,19,20)(H,16,17,21)/t10-/m0/s1. The number of likely N-dealkylation sites (tertiary alicyclic amines) is 1. The van der Waals surface area contributed by atoms with Gasteiger partial charge in [0, 0.05) is 23.8 Å². The van der Waals surface area contributed by atoms with Gasteiger partial charge < -0.3 is 15.3 Å². The monoisotopic (exact) mass is 355 g/mol. The van der Waals surface area contributed by atoms with E-state index in [4.69, 9.17) is 5.11 Å². The van der Waals surface area contributed by atoms with Crippen LogP contribution in [0.2, 0.25) is 0 Å². The first-order valence-electron chi connectivity index (χ1n) is 6.91. The summed E-state index contributed by atoms with van der Waals surface area (Å²) in [6.07, 6.45) is 3.48. The van der Waals surface area contributed by atoms with E-state index in [0.29, 0.717) is 18.9 Å². The van der Waals surface area contributed by atoms with Crippen LogP contribution < -0.4 is 5.32 Å². The molecule has 2 rings (SSSR count). The summed E-state index contributed by atoms with van der Waals surface area (Å²) in [7, 11) is 0. The van der Waals surface area contributed by atoms with E-state index in [1.807, 2.05) is 11.0 Å². The number of carboxylic acids is 1. The highest BCUT2D eigenvalue weighted by Crippen LogP contribution is 2.19. The normalized spacial score (nSPS) is 19.2. The molecular weight excluding hydrogens is 338 g/mol. The summed E-state index contributed by atoms with van der Waals surface area (Å²) in [5.41, 5.74) is 0. The molecule has 0 spiro atoms. The summed E-state index contributed by atoms with van der Waals surface area (Å²) >= 11 is 3.30. The molecule has 1 aliphatic heterocycles. The molecule has 1 saturated heterocycles. The zero-order chi connectivity index (χ0) is 15.2. The second-order valence-electron chi connectivity index (χ2n) is 5.13. The molecule has 2 N–H and O–H groups in total. The van der Waals surface area contributed by atoms with Crippen LogP contribution in [0.1, 0.15) is 19.3 Å². The Morgan fingerprint density at radius 2 is 2.29 bits per heavy atom. The lowest BCUT2D eigenvalue weighted by Crippen LogP contribution is -2.41. The van der Waals surface area contributed by atoms with Crippen molar-refractivity contribution in [3.05, 3.63) is 22.8 Å². The van der Waals surface area contributed by atoms with Crippen LogP contribution in [0.5, 0.6) is 0 Å². The fourth-order valence-corrected chi connectivity index (χ4v) is 2.64. The summed E-state index contributed by atoms with van der Waals surface area (Å²) in [6.45, 7) is 1.96. The minimum absolute atomic E-state index is 0.0511. The number of nitrogens with zero attached hydrogens (tertiary/aromatic N) is 2. The molecule has 21 heavy (non-hydrogen) atoms. The van der Waals surface area contributed by atoms with Gasteiger partial charge in [-0.05, 0) is 47.4 Å². The number of halogens is 1. The summed E-state index contributed by atoms with van der Waals surface area (Å²) in [5, 5.41) is 11.5. The average Bonchev–Trinajstić information content (AvgIpc) is 2.48. The first-order chi connectivity index (χ1) is 10.0. The highest BCUT2D eigenvalue weighted by atomic mass is 79.9. The maximum Gasteiger partial charge on any atom is 0.304 e. The molecule has 1 aromatic heterocycles. The smallest absolute Gasteiger partial charge is 0.304 e. The van der Waals surface area contributed by atoms with Crippen LogP contribution in [0.25, 0.3) is 0 Å². The van der Waals surface area contributed by atoms with Gasteiger partial charge in [-0.2, -0.15) is 0 Å². The largest absolute Gasteiger partial charge is 0.481 e. The van der Waals surface area contributed by atoms with Gasteiger partial charge in [0.15, 0.2) is 0 Å². The Bertz CT molecular complexity index is 507. The fourth-order valence-electron chi connectivity index (χ4n) is 2.40. The number of aliphatic carboxylic acids is 1. The van der Waals surface area contributed by atoms with Crippen LogP contribution >= 0.6 is 15.9 Å². The molecule has 0 radical (unpaired) electrons. The summed E-state index contributed by atoms with van der Waals surface area (Å²) in [5.74, 6) is -0.436. The van der Waals surface area contributed by atoms with Crippen LogP contribution in [0.3, 0.4) is 0 Å². The van der Waals surface area contributed by atoms with Crippen molar-refractivity contribution in [1.82, 2.24) is 9.88 Å². The van der Waals surface area contributed by atoms with Gasteiger partial charge in [-0.25, -0.2) is 4.98 Å². The van der Waals surface area contributed by atoms with Crippen LogP contribution in [0.4, 0.5) is 5.82 Å². The minimum atomic E-state index is -0.805. The number of hydrogen-bond acceptors (Lipinski definition) is 4. The highest BCUT2D eigenvalue weighted by molar-refractivity contribution is 9.10. The number of aromatic nitrogens is 1. The fraction of sp³-hybridized carbons (Fsp3) is 0.500. The molecule has 7 heteroatoms. The van der Waals surface area contributed by atoms with E-state index in [2.05, 4.69) is 26.2 Å². The number of anilines is 1. The summed E-state index contributed by atoms with van der Waals surface area (Å²) in [6, 6.07) is 3.57. The Morgan fingerprint density at radius 3 is 2.95 bits per heavy atom. The van der Waals surface area contributed by atoms with Crippen LogP contribution in [-0.2, 0) is 9.59 Å². The third-order valence-electron chi connectivity index (χ3n) is 3.50. The van der Waals surface area contributed by atoms with Crippen molar-refractivity contribution < 1.29 is 14.7 Å². The number of hydrogen-bond donors (Lipinski definition) is 2. The molecular formula is C14H18BrN3O3. The molecule has 1 aromatic rings. The SMILES string of the molecule is O=C(O)CCN1CCC[C@H](C(=O)Nc2ccc(Br)cn2)C1. The van der Waals surface area contributed by atoms with E-state index in [0.717, 1.165) is 23.9 Å². The van der Waals surface area contributed by atoms with E-state index in [-0.39, 0.29) is 18.2 Å². The van der Waals surface area contributed by atoms with E-state index in [1.165, 1.54) is 0 Å². The molecule has 1 fully saturated rings. The number of carbonyl (C=O) groups excluding carboxylic acids is 1. The van der Waals surface area contributed by atoms with Crippen molar-refractivity contribution in [1.29, 1.82) is 0 Å². The van der Waals surface area contributed by atoms with Crippen molar-refractivity contribution in [2.75, 3.05) is 25.0 Å². The molecule has 1 atom stereocenters. The van der Waals surface area contributed by atoms with Crippen LogP contribution in [0, 0.1) is 5.92 Å². The van der Waals surface area contributed by atoms with Crippen LogP contribution in [-0.4, -0.2) is 46.5 Å². The number of carboxylic acid groups (broad SMARTS) is 1. The minimum Gasteiger partial charge on any atom is -0.481 e. The summed E-state index contributed by atoms with van der Waals surface area (Å²) < 4.78 is 0.859. The topological polar surface area (TPSA) is 82.5 Å². The number of carbonyl (C=O) groups is 2. The van der Waals surface area contributed by atoms with Gasteiger partial charge in [-0.1, -0.05) is 0 Å². The number of nitrogens with one attached hydrogen (secondary N) is 1. The lowest BCUT2D eigenvalue weighted by Gasteiger charge is -2.31. The Labute approximate surface area is 131 Å². The Hall–Kier alpha value is -1.47. The van der Waals surface area contributed by atoms with Crippen molar-refractivity contribution in [2.24, 2.45) is 5.92 Å². The number of amides is 1. The maximum absolute atomic E-state index is 12.2. The lowest BCUT2D eigenvalue weighted by molar-refractivity contribution is -0.137. The van der Waals surface area contributed by atoms with E-state index >= 15 is 0 Å². The van der Waals surface area contributed by atoms with Gasteiger partial charge in [0.05, 0.1) is 12.3 Å². The molecule has 0 saturated carbocycles. The Balaban J connectivity index is 1.86. The van der Waals surface area contributed by atoms with E-state index in [1.54, 1.807) is 12.3 Å². The average molecular weight is 356 g/mol. The molecule has 0 aromatic carbocycles. The number of pyridine rings is 1. The molecule has 0 bridgehead atoms. The third-order valence-corrected chi connectivity index (χ3v) is 3.97. The third kappa shape index (κ3) is 5.09. The van der Waals surface area contributed by atoms with Gasteiger partial charge >= 0.3 is 5.97 Å². The number of piperidine rings is 1. The van der Waals surface area contributed by atoms with E-state index < -0.39 is 5.97 Å². The Kier molecular flexibility index (Phi) is 5.69. The van der Waals surface area contributed by atoms with Gasteiger partial charge in [0.1, 0.15) is 5.82 Å². The second-order valence-corrected chi connectivity index (χ2v) is 6.05. The van der Waals surface area contributed by atoms with Crippen molar-refractivity contribution in [2.45, 2.75) is 19.3 Å². The number of rotatable bonds is 5. The molecule has 0 unspecified atom stereocenters. The highest BCUT2D eigenvalue weighted by Gasteiger charge is 2.26. The van der Waals surface area contributed by atoms with E-state index in [9.17, 15) is 9.59 Å². The molecule has 1 amide bonds. The molecule has 114 valence electrons. The quantitative estimate of drug-likeness (QED) is 0.843. The van der Waals surface area contributed by atoms with Gasteiger partial charge in [-0.15, -0.1) is 0 Å². The summed E-state index contributed by atoms with van der Waals surface area (Å²) in [4.78, 5) is 29.0. The maximum atomic E-state index is 12.2. The van der Waals surface area contributed by atoms with Gasteiger partial charge in [0.25, 0.3) is 0 Å². The lowest BCUT2D eigenvalue weighted by atomic mass is 9.97. The first kappa shape index (κ1) is 15.9. The van der Waals surface area contributed by atoms with Crippen LogP contribution in [0.15, 0.2) is 22.8 Å². The zero-order valence-corrected chi connectivity index (χ0v) is 13.2. The van der Waals surface area contributed by atoms with Crippen molar-refractivity contribution >= 4 is 33.6 Å².